The summed E-state index contributed by atoms with van der Waals surface area (Å²) in [4.78, 5) is 0. The van der Waals surface area contributed by atoms with E-state index in [4.69, 9.17) is 0 Å². The van der Waals surface area contributed by atoms with E-state index < -0.39 is 0 Å². The van der Waals surface area contributed by atoms with Crippen molar-refractivity contribution in [3.8, 4) is 0 Å². The predicted molar refractivity (Wildman–Crippen MR) is 77.8 cm³/mol. The van der Waals surface area contributed by atoms with Crippen molar-refractivity contribution in [3.63, 3.8) is 0 Å². The van der Waals surface area contributed by atoms with Crippen LogP contribution in [-0.2, 0) is 0 Å². The molecule has 0 heterocycles. The molecule has 0 bridgehead atoms. The zero-order chi connectivity index (χ0) is 13.0. The van der Waals surface area contributed by atoms with Crippen molar-refractivity contribution in [2.45, 2.75) is 74.1 Å². The van der Waals surface area contributed by atoms with E-state index in [-0.39, 0.29) is 0 Å². The van der Waals surface area contributed by atoms with Gasteiger partial charge in [0.05, 0.1) is 0 Å². The Morgan fingerprint density at radius 3 is 2.00 bits per heavy atom. The molecule has 0 radical (unpaired) electrons. The molecule has 16 heavy (non-hydrogen) atoms. The van der Waals surface area contributed by atoms with E-state index in [1.165, 1.54) is 25.7 Å². The van der Waals surface area contributed by atoms with Crippen LogP contribution in [0, 0.1) is 17.8 Å². The predicted octanol–water partition coefficient (Wildman–Crippen LogP) is 6.08. The van der Waals surface area contributed by atoms with E-state index in [1.807, 2.05) is 27.7 Å². The van der Waals surface area contributed by atoms with Crippen LogP contribution < -0.4 is 0 Å². The minimum absolute atomic E-state index is 0.817. The lowest BCUT2D eigenvalue weighted by Gasteiger charge is -2.27. The van der Waals surface area contributed by atoms with Crippen LogP contribution >= 0.6 is 0 Å². The lowest BCUT2D eigenvalue weighted by atomic mass is 9.78. The summed E-state index contributed by atoms with van der Waals surface area (Å²) in [5.41, 5.74) is 0. The first-order valence-electron chi connectivity index (χ1n) is 7.42. The monoisotopic (exact) mass is 226 g/mol. The van der Waals surface area contributed by atoms with Gasteiger partial charge in [0, 0.05) is 0 Å². The molecule has 3 unspecified atom stereocenters. The Morgan fingerprint density at radius 2 is 1.56 bits per heavy atom. The Bertz CT molecular complexity index is 146. The average Bonchev–Trinajstić information content (AvgIpc) is 2.33. The molecule has 0 nitrogen and oxygen atoms in total. The lowest BCUT2D eigenvalue weighted by Crippen LogP contribution is -2.16. The Hall–Kier alpha value is -0.260. The van der Waals surface area contributed by atoms with Gasteiger partial charge >= 0.3 is 0 Å². The third kappa shape index (κ3) is 7.96. The number of allylic oxidation sites excluding steroid dienone is 2. The maximum atomic E-state index is 2.45. The fraction of sp³-hybridized carbons (Fsp3) is 0.875. The largest absolute Gasteiger partial charge is 0.0854 e. The van der Waals surface area contributed by atoms with Crippen LogP contribution in [0.25, 0.3) is 0 Å². The molecule has 3 atom stereocenters. The molecule has 0 aromatic rings. The Kier molecular flexibility index (Phi) is 14.5. The van der Waals surface area contributed by atoms with Gasteiger partial charge in [-0.25, -0.2) is 0 Å². The highest BCUT2D eigenvalue weighted by Crippen LogP contribution is 2.30. The quantitative estimate of drug-likeness (QED) is 0.512. The van der Waals surface area contributed by atoms with E-state index in [0.717, 1.165) is 17.8 Å². The van der Waals surface area contributed by atoms with Gasteiger partial charge < -0.3 is 0 Å². The summed E-state index contributed by atoms with van der Waals surface area (Å²) in [7, 11) is 0. The third-order valence-electron chi connectivity index (χ3n) is 3.05. The van der Waals surface area contributed by atoms with Crippen LogP contribution in [0.2, 0.25) is 0 Å². The van der Waals surface area contributed by atoms with Gasteiger partial charge in [-0.05, 0) is 30.6 Å². The molecule has 0 aromatic carbocycles. The summed E-state index contributed by atoms with van der Waals surface area (Å²) in [6.07, 6.45) is 10.4. The summed E-state index contributed by atoms with van der Waals surface area (Å²) in [6, 6.07) is 0. The van der Waals surface area contributed by atoms with Crippen molar-refractivity contribution >= 4 is 0 Å². The topological polar surface area (TPSA) is 0 Å². The SMILES string of the molecule is CC.CC.CCCCC1C=CC(C)CC1C. The number of hydrogen-bond acceptors (Lipinski definition) is 0. The van der Waals surface area contributed by atoms with Gasteiger partial charge in [0.1, 0.15) is 0 Å². The Balaban J connectivity index is 0. The molecule has 0 saturated heterocycles. The van der Waals surface area contributed by atoms with Crippen LogP contribution in [-0.4, -0.2) is 0 Å². The Morgan fingerprint density at radius 1 is 1.00 bits per heavy atom. The van der Waals surface area contributed by atoms with Crippen LogP contribution in [0.1, 0.15) is 74.1 Å². The zero-order valence-electron chi connectivity index (χ0n) is 12.7. The summed E-state index contributed by atoms with van der Waals surface area (Å²) in [5, 5.41) is 0. The van der Waals surface area contributed by atoms with E-state index in [0.29, 0.717) is 0 Å². The smallest absolute Gasteiger partial charge is 0.0207 e. The molecular formula is C16H34. The first-order valence-corrected chi connectivity index (χ1v) is 7.42. The minimum Gasteiger partial charge on any atom is -0.0854 e. The average molecular weight is 226 g/mol. The second-order valence-electron chi connectivity index (χ2n) is 4.38. The first kappa shape index (κ1) is 18.1. The highest BCUT2D eigenvalue weighted by molar-refractivity contribution is 4.98. The fourth-order valence-corrected chi connectivity index (χ4v) is 2.18. The molecule has 1 rings (SSSR count). The molecule has 0 amide bonds. The van der Waals surface area contributed by atoms with E-state index in [9.17, 15) is 0 Å². The zero-order valence-corrected chi connectivity index (χ0v) is 12.7. The van der Waals surface area contributed by atoms with Crippen LogP contribution in [0.5, 0.6) is 0 Å². The molecular weight excluding hydrogens is 192 g/mol. The lowest BCUT2D eigenvalue weighted by molar-refractivity contribution is 0.323. The second kappa shape index (κ2) is 12.8. The molecule has 98 valence electrons. The van der Waals surface area contributed by atoms with Crippen molar-refractivity contribution in [1.29, 1.82) is 0 Å². The molecule has 1 aliphatic carbocycles. The molecule has 1 aliphatic rings. The standard InChI is InChI=1S/C12H22.2C2H6/c1-4-5-6-12-8-7-10(2)9-11(12)3;2*1-2/h7-8,10-12H,4-6,9H2,1-3H3;2*1-2H3. The molecule has 0 saturated carbocycles. The number of unbranched alkanes of at least 4 members (excludes halogenated alkanes) is 1. The van der Waals surface area contributed by atoms with Crippen molar-refractivity contribution in [2.24, 2.45) is 17.8 Å². The van der Waals surface area contributed by atoms with E-state index >= 15 is 0 Å². The highest BCUT2D eigenvalue weighted by Gasteiger charge is 2.19. The maximum Gasteiger partial charge on any atom is -0.0207 e. The molecule has 0 aromatic heterocycles. The van der Waals surface area contributed by atoms with Crippen LogP contribution in [0.3, 0.4) is 0 Å². The molecule has 0 aliphatic heterocycles. The third-order valence-corrected chi connectivity index (χ3v) is 3.05. The Labute approximate surface area is 105 Å². The minimum atomic E-state index is 0.817. The summed E-state index contributed by atoms with van der Waals surface area (Å²) in [5.74, 6) is 2.61. The van der Waals surface area contributed by atoms with Gasteiger partial charge in [-0.3, -0.25) is 0 Å². The highest BCUT2D eigenvalue weighted by atomic mass is 14.2. The van der Waals surface area contributed by atoms with Crippen molar-refractivity contribution in [1.82, 2.24) is 0 Å². The van der Waals surface area contributed by atoms with Gasteiger partial charge in [0.2, 0.25) is 0 Å². The van der Waals surface area contributed by atoms with Gasteiger partial charge in [0.15, 0.2) is 0 Å². The summed E-state index contributed by atoms with van der Waals surface area (Å²) in [6.45, 7) is 15.0. The van der Waals surface area contributed by atoms with Crippen molar-refractivity contribution in [3.05, 3.63) is 12.2 Å². The van der Waals surface area contributed by atoms with Gasteiger partial charge in [-0.15, -0.1) is 0 Å². The van der Waals surface area contributed by atoms with E-state index in [2.05, 4.69) is 32.9 Å². The first-order chi connectivity index (χ1) is 7.74. The second-order valence-corrected chi connectivity index (χ2v) is 4.38. The number of rotatable bonds is 3. The summed E-state index contributed by atoms with van der Waals surface area (Å²) >= 11 is 0. The molecule has 0 spiro atoms. The van der Waals surface area contributed by atoms with Crippen molar-refractivity contribution < 1.29 is 0 Å². The molecule has 0 N–H and O–H groups in total. The number of hydrogen-bond donors (Lipinski definition) is 0. The van der Waals surface area contributed by atoms with Gasteiger partial charge in [-0.2, -0.15) is 0 Å². The normalized spacial score (nSPS) is 27.3. The van der Waals surface area contributed by atoms with E-state index in [1.54, 1.807) is 0 Å². The molecule has 0 heteroatoms. The van der Waals surface area contributed by atoms with Crippen LogP contribution in [0.4, 0.5) is 0 Å². The fourth-order valence-electron chi connectivity index (χ4n) is 2.18. The van der Waals surface area contributed by atoms with Crippen LogP contribution in [0.15, 0.2) is 12.2 Å². The summed E-state index contributed by atoms with van der Waals surface area (Å²) < 4.78 is 0. The van der Waals surface area contributed by atoms with Gasteiger partial charge in [0.25, 0.3) is 0 Å². The maximum absolute atomic E-state index is 2.45. The van der Waals surface area contributed by atoms with Crippen molar-refractivity contribution in [2.75, 3.05) is 0 Å². The molecule has 0 fully saturated rings. The van der Waals surface area contributed by atoms with Gasteiger partial charge in [-0.1, -0.05) is 73.5 Å².